The molecule has 1 fully saturated rings. The third-order valence-electron chi connectivity index (χ3n) is 4.42. The Bertz CT molecular complexity index is 348. The summed E-state index contributed by atoms with van der Waals surface area (Å²) < 4.78 is 10.5. The zero-order valence-corrected chi connectivity index (χ0v) is 11.9. The van der Waals surface area contributed by atoms with E-state index in [2.05, 4.69) is 10.0 Å². The lowest BCUT2D eigenvalue weighted by molar-refractivity contribution is -0.183. The fourth-order valence-electron chi connectivity index (χ4n) is 3.31. The van der Waals surface area contributed by atoms with Crippen molar-refractivity contribution >= 4 is 0 Å². The molecule has 0 heterocycles. The fraction of sp³-hybridized carbons (Fsp3) is 1.00. The van der Waals surface area contributed by atoms with E-state index < -0.39 is 11.6 Å². The molecular formula is C12H23N3O4. The minimum Gasteiger partial charge on any atom is -0.396 e. The number of hydrogen-bond acceptors (Lipinski definition) is 5. The zero-order chi connectivity index (χ0) is 14.6. The summed E-state index contributed by atoms with van der Waals surface area (Å²) in [7, 11) is 3.04. The van der Waals surface area contributed by atoms with Gasteiger partial charge in [-0.15, -0.1) is 0 Å². The van der Waals surface area contributed by atoms with Crippen LogP contribution in [-0.4, -0.2) is 55.4 Å². The first-order chi connectivity index (χ1) is 8.97. The number of ether oxygens (including phenoxy) is 2. The van der Waals surface area contributed by atoms with Crippen molar-refractivity contribution in [1.82, 2.24) is 0 Å². The number of hydrogen-bond donors (Lipinski definition) is 2. The highest BCUT2D eigenvalue weighted by molar-refractivity contribution is 5.08. The van der Waals surface area contributed by atoms with E-state index in [1.165, 1.54) is 7.11 Å². The highest BCUT2D eigenvalue weighted by Gasteiger charge is 2.55. The van der Waals surface area contributed by atoms with E-state index in [1.54, 1.807) is 7.11 Å². The summed E-state index contributed by atoms with van der Waals surface area (Å²) in [4.78, 5) is 2.83. The van der Waals surface area contributed by atoms with E-state index >= 15 is 0 Å². The summed E-state index contributed by atoms with van der Waals surface area (Å²) in [6.45, 7) is 3.62. The molecule has 0 aromatic rings. The first-order valence-electron chi connectivity index (χ1n) is 6.37. The first-order valence-corrected chi connectivity index (χ1v) is 6.37. The Morgan fingerprint density at radius 1 is 1.37 bits per heavy atom. The monoisotopic (exact) mass is 273 g/mol. The van der Waals surface area contributed by atoms with Crippen LogP contribution in [0, 0.1) is 17.8 Å². The molecule has 2 N–H and O–H groups in total. The Hall–Kier alpha value is -0.850. The predicted octanol–water partition coefficient (Wildman–Crippen LogP) is 0.952. The van der Waals surface area contributed by atoms with Gasteiger partial charge in [0.05, 0.1) is 24.4 Å². The molecule has 19 heavy (non-hydrogen) atoms. The third kappa shape index (κ3) is 2.70. The maximum atomic E-state index is 10.9. The Morgan fingerprint density at radius 3 is 2.42 bits per heavy atom. The van der Waals surface area contributed by atoms with E-state index in [-0.39, 0.29) is 37.1 Å². The Labute approximate surface area is 113 Å². The topological polar surface area (TPSA) is 108 Å². The van der Waals surface area contributed by atoms with E-state index in [0.717, 1.165) is 0 Å². The Kier molecular flexibility index (Phi) is 5.58. The molecule has 6 atom stereocenters. The van der Waals surface area contributed by atoms with Gasteiger partial charge in [-0.25, -0.2) is 0 Å². The lowest BCUT2D eigenvalue weighted by atomic mass is 9.62. The van der Waals surface area contributed by atoms with Gasteiger partial charge in [0.1, 0.15) is 0 Å². The number of methoxy groups -OCH3 is 2. The molecule has 7 heteroatoms. The molecule has 0 bridgehead atoms. The summed E-state index contributed by atoms with van der Waals surface area (Å²) in [6.07, 6.45) is -0.271. The molecule has 0 amide bonds. The van der Waals surface area contributed by atoms with Crippen molar-refractivity contribution in [3.05, 3.63) is 10.4 Å². The average molecular weight is 273 g/mol. The van der Waals surface area contributed by atoms with Crippen LogP contribution in [0.3, 0.4) is 0 Å². The molecule has 0 aromatic heterocycles. The van der Waals surface area contributed by atoms with Crippen molar-refractivity contribution < 1.29 is 19.7 Å². The minimum atomic E-state index is -1.30. The van der Waals surface area contributed by atoms with Crippen LogP contribution in [0.1, 0.15) is 13.8 Å². The summed E-state index contributed by atoms with van der Waals surface area (Å²) in [5.74, 6) is -0.756. The van der Waals surface area contributed by atoms with Gasteiger partial charge in [0.2, 0.25) is 0 Å². The SMILES string of the molecule is COCC1(O)C(C)C(CO)C(OC)C(C)C1N=[N+]=[N-]. The minimum absolute atomic E-state index is 0.0507. The second-order valence-corrected chi connectivity index (χ2v) is 5.27. The number of azide groups is 1. The van der Waals surface area contributed by atoms with Crippen molar-refractivity contribution in [3.63, 3.8) is 0 Å². The zero-order valence-electron chi connectivity index (χ0n) is 11.9. The number of nitrogens with zero attached hydrogens (tertiary/aromatic N) is 3. The molecule has 1 saturated carbocycles. The highest BCUT2D eigenvalue weighted by Crippen LogP contribution is 2.44. The third-order valence-corrected chi connectivity index (χ3v) is 4.42. The van der Waals surface area contributed by atoms with Gasteiger partial charge in [-0.2, -0.15) is 0 Å². The molecule has 110 valence electrons. The number of aliphatic hydroxyl groups is 2. The molecule has 6 unspecified atom stereocenters. The molecule has 1 aliphatic rings. The number of rotatable bonds is 5. The van der Waals surface area contributed by atoms with Gasteiger partial charge in [-0.3, -0.25) is 0 Å². The maximum absolute atomic E-state index is 10.9. The lowest BCUT2D eigenvalue weighted by Crippen LogP contribution is -2.64. The lowest BCUT2D eigenvalue weighted by Gasteiger charge is -2.52. The van der Waals surface area contributed by atoms with Crippen molar-refractivity contribution in [2.24, 2.45) is 22.9 Å². The highest BCUT2D eigenvalue weighted by atomic mass is 16.5. The van der Waals surface area contributed by atoms with Gasteiger partial charge in [0, 0.05) is 31.7 Å². The molecule has 7 nitrogen and oxygen atoms in total. The van der Waals surface area contributed by atoms with E-state index in [0.29, 0.717) is 0 Å². The standard InChI is InChI=1S/C12H23N3O4/c1-7-10(19-4)9(5-16)8(2)12(17,6-18-3)11(7)14-15-13/h7-11,16-17H,5-6H2,1-4H3. The summed E-state index contributed by atoms with van der Waals surface area (Å²) >= 11 is 0. The molecule has 0 spiro atoms. The molecular weight excluding hydrogens is 250 g/mol. The van der Waals surface area contributed by atoms with Crippen LogP contribution in [-0.2, 0) is 9.47 Å². The van der Waals surface area contributed by atoms with Crippen LogP contribution in [0.15, 0.2) is 5.11 Å². The van der Waals surface area contributed by atoms with Gasteiger partial charge in [0.25, 0.3) is 0 Å². The van der Waals surface area contributed by atoms with Crippen LogP contribution in [0.4, 0.5) is 0 Å². The van der Waals surface area contributed by atoms with Gasteiger partial charge in [-0.1, -0.05) is 19.0 Å². The van der Waals surface area contributed by atoms with E-state index in [9.17, 15) is 10.2 Å². The van der Waals surface area contributed by atoms with Gasteiger partial charge in [-0.05, 0) is 17.4 Å². The summed E-state index contributed by atoms with van der Waals surface area (Å²) in [6, 6.07) is -0.653. The number of aliphatic hydroxyl groups excluding tert-OH is 1. The van der Waals surface area contributed by atoms with Gasteiger partial charge < -0.3 is 19.7 Å². The van der Waals surface area contributed by atoms with Crippen molar-refractivity contribution in [2.45, 2.75) is 31.6 Å². The molecule has 1 rings (SSSR count). The van der Waals surface area contributed by atoms with Gasteiger partial charge in [0.15, 0.2) is 0 Å². The van der Waals surface area contributed by atoms with Crippen molar-refractivity contribution in [3.8, 4) is 0 Å². The summed E-state index contributed by atoms with van der Waals surface area (Å²) in [5, 5.41) is 24.2. The second kappa shape index (κ2) is 6.54. The van der Waals surface area contributed by atoms with E-state index in [4.69, 9.17) is 15.0 Å². The molecule has 0 saturated heterocycles. The average Bonchev–Trinajstić information content (AvgIpc) is 2.39. The van der Waals surface area contributed by atoms with Crippen LogP contribution >= 0.6 is 0 Å². The quantitative estimate of drug-likeness (QED) is 0.441. The Balaban J connectivity index is 3.22. The normalized spacial score (nSPS) is 42.7. The largest absolute Gasteiger partial charge is 0.396 e. The second-order valence-electron chi connectivity index (χ2n) is 5.27. The smallest absolute Gasteiger partial charge is 0.0997 e. The maximum Gasteiger partial charge on any atom is 0.0997 e. The van der Waals surface area contributed by atoms with Gasteiger partial charge >= 0.3 is 0 Å². The van der Waals surface area contributed by atoms with Crippen LogP contribution in [0.25, 0.3) is 10.4 Å². The molecule has 1 aliphatic carbocycles. The van der Waals surface area contributed by atoms with Crippen molar-refractivity contribution in [2.75, 3.05) is 27.4 Å². The predicted molar refractivity (Wildman–Crippen MR) is 69.5 cm³/mol. The molecule has 0 aromatic carbocycles. The van der Waals surface area contributed by atoms with E-state index in [1.807, 2.05) is 13.8 Å². The first kappa shape index (κ1) is 16.2. The molecule has 0 aliphatic heterocycles. The van der Waals surface area contributed by atoms with Crippen LogP contribution in [0.5, 0.6) is 0 Å². The fourth-order valence-corrected chi connectivity index (χ4v) is 3.31. The van der Waals surface area contributed by atoms with Crippen LogP contribution in [0.2, 0.25) is 0 Å². The summed E-state index contributed by atoms with van der Waals surface area (Å²) in [5.41, 5.74) is 7.42. The molecule has 0 radical (unpaired) electrons. The Morgan fingerprint density at radius 2 is 2.00 bits per heavy atom. The van der Waals surface area contributed by atoms with Crippen LogP contribution < -0.4 is 0 Å². The van der Waals surface area contributed by atoms with Crippen molar-refractivity contribution in [1.29, 1.82) is 0 Å².